The van der Waals surface area contributed by atoms with Gasteiger partial charge in [-0.15, -0.1) is 0 Å². The second-order valence-electron chi connectivity index (χ2n) is 11.0. The molecule has 4 rings (SSSR count). The molecule has 0 saturated heterocycles. The van der Waals surface area contributed by atoms with E-state index in [1.54, 1.807) is 20.8 Å². The fraction of sp³-hybridized carbons (Fsp3) is 0.333. The summed E-state index contributed by atoms with van der Waals surface area (Å²) in [7, 11) is 0. The molecule has 234 valence electrons. The third-order valence-corrected chi connectivity index (χ3v) is 6.72. The Morgan fingerprint density at radius 1 is 1.11 bits per heavy atom. The van der Waals surface area contributed by atoms with Crippen LogP contribution >= 0.6 is 11.6 Å². The zero-order chi connectivity index (χ0) is 32.2. The predicted octanol–water partition coefficient (Wildman–Crippen LogP) is 7.01. The third kappa shape index (κ3) is 8.24. The minimum atomic E-state index is -4.81. The number of carbonyl (C=O) groups is 1. The van der Waals surface area contributed by atoms with Crippen molar-refractivity contribution in [2.45, 2.75) is 45.2 Å². The summed E-state index contributed by atoms with van der Waals surface area (Å²) in [6.07, 6.45) is -6.98. The molecule has 0 aliphatic carbocycles. The summed E-state index contributed by atoms with van der Waals surface area (Å²) in [5.74, 6) is 0.185. The number of ether oxygens (including phenoxy) is 2. The number of nitro benzene ring substituents is 1. The zero-order valence-electron chi connectivity index (χ0n) is 24.0. The van der Waals surface area contributed by atoms with Crippen molar-refractivity contribution < 1.29 is 37.5 Å². The van der Waals surface area contributed by atoms with Crippen LogP contribution in [0.5, 0.6) is 5.75 Å². The van der Waals surface area contributed by atoms with Crippen molar-refractivity contribution in [2.75, 3.05) is 19.7 Å². The Balaban J connectivity index is 1.54. The highest BCUT2D eigenvalue weighted by Crippen LogP contribution is 2.36. The lowest BCUT2D eigenvalue weighted by atomic mass is 10.1. The standard InChI is InChI=1S/C30H30ClF3N4O6/c1-29(2,3)44-28(40)37-24-16-21(10-11-22(24)27(35-37)30(32,33)34)43-14-13-36(17-19-7-5-4-6-8-19)18-26(39)20-9-12-23(31)25(15-20)38(41)42/h4-12,15-16,26,39H,13-14,17-18H2,1-3H3. The average molecular weight is 635 g/mol. The van der Waals surface area contributed by atoms with E-state index in [1.807, 2.05) is 35.2 Å². The summed E-state index contributed by atoms with van der Waals surface area (Å²) in [4.78, 5) is 25.2. The number of alkyl halides is 3. The fourth-order valence-electron chi connectivity index (χ4n) is 4.43. The number of nitrogens with zero attached hydrogens (tertiary/aromatic N) is 4. The van der Waals surface area contributed by atoms with Crippen LogP contribution in [-0.4, -0.2) is 56.1 Å². The second kappa shape index (κ2) is 13.2. The SMILES string of the molecule is CC(C)(C)OC(=O)n1nc(C(F)(F)F)c2ccc(OCCN(Cc3ccccc3)CC(O)c3ccc(Cl)c([N+](=O)[O-])c3)cc21. The summed E-state index contributed by atoms with van der Waals surface area (Å²) in [5.41, 5.74) is -1.41. The Labute approximate surface area is 255 Å². The Hall–Kier alpha value is -4.20. The lowest BCUT2D eigenvalue weighted by Gasteiger charge is -2.25. The summed E-state index contributed by atoms with van der Waals surface area (Å²) < 4.78 is 52.7. The first-order valence-corrected chi connectivity index (χ1v) is 13.8. The molecule has 1 N–H and O–H groups in total. The van der Waals surface area contributed by atoms with E-state index in [0.717, 1.165) is 5.56 Å². The van der Waals surface area contributed by atoms with Crippen molar-refractivity contribution in [3.63, 3.8) is 0 Å². The molecular weight excluding hydrogens is 605 g/mol. The van der Waals surface area contributed by atoms with Gasteiger partial charge in [-0.2, -0.15) is 23.0 Å². The molecule has 0 saturated carbocycles. The first-order valence-electron chi connectivity index (χ1n) is 13.5. The Kier molecular flexibility index (Phi) is 9.81. The van der Waals surface area contributed by atoms with Gasteiger partial charge in [0.2, 0.25) is 0 Å². The van der Waals surface area contributed by atoms with Gasteiger partial charge >= 0.3 is 12.3 Å². The van der Waals surface area contributed by atoms with Crippen molar-refractivity contribution in [1.29, 1.82) is 0 Å². The molecule has 1 aromatic heterocycles. The number of aromatic nitrogens is 2. The molecule has 0 radical (unpaired) electrons. The van der Waals surface area contributed by atoms with Gasteiger partial charge < -0.3 is 14.6 Å². The van der Waals surface area contributed by atoms with Crippen LogP contribution in [0.15, 0.2) is 66.7 Å². The van der Waals surface area contributed by atoms with Crippen LogP contribution in [0.25, 0.3) is 10.9 Å². The molecule has 14 heteroatoms. The number of benzene rings is 3. The number of aliphatic hydroxyl groups is 1. The first kappa shape index (κ1) is 32.7. The van der Waals surface area contributed by atoms with Crippen LogP contribution in [0.4, 0.5) is 23.7 Å². The van der Waals surface area contributed by atoms with Crippen LogP contribution < -0.4 is 4.74 Å². The van der Waals surface area contributed by atoms with Gasteiger partial charge in [0.25, 0.3) is 5.69 Å². The largest absolute Gasteiger partial charge is 0.492 e. The fourth-order valence-corrected chi connectivity index (χ4v) is 4.62. The smallest absolute Gasteiger partial charge is 0.435 e. The van der Waals surface area contributed by atoms with E-state index in [1.165, 1.54) is 36.4 Å². The number of aliphatic hydroxyl groups excluding tert-OH is 1. The van der Waals surface area contributed by atoms with Gasteiger partial charge in [0.1, 0.15) is 23.0 Å². The molecule has 10 nitrogen and oxygen atoms in total. The summed E-state index contributed by atoms with van der Waals surface area (Å²) in [6, 6.07) is 17.3. The van der Waals surface area contributed by atoms with Gasteiger partial charge in [0, 0.05) is 37.2 Å². The van der Waals surface area contributed by atoms with Gasteiger partial charge in [0.05, 0.1) is 16.5 Å². The van der Waals surface area contributed by atoms with Crippen molar-refractivity contribution in [1.82, 2.24) is 14.7 Å². The quantitative estimate of drug-likeness (QED) is 0.146. The van der Waals surface area contributed by atoms with Crippen molar-refractivity contribution in [3.05, 3.63) is 98.7 Å². The molecule has 0 spiro atoms. The predicted molar refractivity (Wildman–Crippen MR) is 157 cm³/mol. The Morgan fingerprint density at radius 2 is 1.82 bits per heavy atom. The van der Waals surface area contributed by atoms with Gasteiger partial charge in [-0.05, 0) is 50.1 Å². The van der Waals surface area contributed by atoms with Crippen molar-refractivity contribution >= 4 is 34.3 Å². The topological polar surface area (TPSA) is 120 Å². The highest BCUT2D eigenvalue weighted by Gasteiger charge is 2.38. The number of halogens is 4. The minimum absolute atomic E-state index is 0.0483. The minimum Gasteiger partial charge on any atom is -0.492 e. The number of carbonyl (C=O) groups excluding carboxylic acids is 1. The number of fused-ring (bicyclic) bond motifs is 1. The average Bonchev–Trinajstić information content (AvgIpc) is 3.32. The third-order valence-electron chi connectivity index (χ3n) is 6.40. The number of rotatable bonds is 10. The number of hydrogen-bond acceptors (Lipinski definition) is 8. The maximum atomic E-state index is 13.7. The van der Waals surface area contributed by atoms with E-state index in [2.05, 4.69) is 5.10 Å². The van der Waals surface area contributed by atoms with Gasteiger partial charge in [-0.1, -0.05) is 48.0 Å². The molecule has 0 amide bonds. The normalized spacial score (nSPS) is 12.8. The Bertz CT molecular complexity index is 1640. The summed E-state index contributed by atoms with van der Waals surface area (Å²) in [6.45, 7) is 5.55. The number of nitro groups is 1. The van der Waals surface area contributed by atoms with E-state index in [4.69, 9.17) is 21.1 Å². The lowest BCUT2D eigenvalue weighted by molar-refractivity contribution is -0.384. The second-order valence-corrected chi connectivity index (χ2v) is 11.4. The van der Waals surface area contributed by atoms with E-state index in [-0.39, 0.29) is 47.1 Å². The number of hydrogen-bond donors (Lipinski definition) is 1. The maximum absolute atomic E-state index is 13.7. The van der Waals surface area contributed by atoms with Crippen molar-refractivity contribution in [3.8, 4) is 5.75 Å². The van der Waals surface area contributed by atoms with Gasteiger partial charge in [-0.25, -0.2) is 4.79 Å². The van der Waals surface area contributed by atoms with E-state index in [9.17, 15) is 33.2 Å². The first-order chi connectivity index (χ1) is 20.6. The molecule has 0 fully saturated rings. The van der Waals surface area contributed by atoms with E-state index in [0.29, 0.717) is 16.8 Å². The van der Waals surface area contributed by atoms with Gasteiger partial charge in [-0.3, -0.25) is 15.0 Å². The zero-order valence-corrected chi connectivity index (χ0v) is 24.8. The molecule has 44 heavy (non-hydrogen) atoms. The molecule has 3 aromatic carbocycles. The molecule has 0 bridgehead atoms. The monoisotopic (exact) mass is 634 g/mol. The van der Waals surface area contributed by atoms with Crippen LogP contribution in [0, 0.1) is 10.1 Å². The summed E-state index contributed by atoms with van der Waals surface area (Å²) in [5, 5.41) is 25.4. The van der Waals surface area contributed by atoms with Crippen LogP contribution in [-0.2, 0) is 17.5 Å². The lowest BCUT2D eigenvalue weighted by Crippen LogP contribution is -2.32. The summed E-state index contributed by atoms with van der Waals surface area (Å²) >= 11 is 5.91. The molecule has 1 unspecified atom stereocenters. The van der Waals surface area contributed by atoms with Gasteiger partial charge in [0.15, 0.2) is 5.69 Å². The van der Waals surface area contributed by atoms with E-state index < -0.39 is 34.6 Å². The molecule has 4 aromatic rings. The van der Waals surface area contributed by atoms with E-state index >= 15 is 0 Å². The molecule has 1 heterocycles. The molecule has 0 aliphatic rings. The highest BCUT2D eigenvalue weighted by molar-refractivity contribution is 6.32. The van der Waals surface area contributed by atoms with Crippen molar-refractivity contribution in [2.24, 2.45) is 0 Å². The highest BCUT2D eigenvalue weighted by atomic mass is 35.5. The Morgan fingerprint density at radius 3 is 2.45 bits per heavy atom. The van der Waals surface area contributed by atoms with Crippen LogP contribution in [0.3, 0.4) is 0 Å². The van der Waals surface area contributed by atoms with Crippen LogP contribution in [0.1, 0.15) is 43.7 Å². The van der Waals surface area contributed by atoms with Crippen LogP contribution in [0.2, 0.25) is 5.02 Å². The maximum Gasteiger partial charge on any atom is 0.435 e. The molecule has 1 atom stereocenters. The molecular formula is C30H30ClF3N4O6. The molecule has 0 aliphatic heterocycles.